The molecule has 41 nitrogen and oxygen atoms in total. The number of aliphatic hydroxyl groups is 17. The maximum atomic E-state index is 13.8. The fraction of sp³-hybridized carbons (Fsp3) is 0.919. The van der Waals surface area contributed by atoms with Gasteiger partial charge in [-0.1, -0.05) is 219 Å². The van der Waals surface area contributed by atoms with Gasteiger partial charge in [-0.3, -0.25) is 19.2 Å². The number of aliphatic hydroxyl groups excluding tert-OH is 17. The van der Waals surface area contributed by atoms with Crippen LogP contribution in [-0.2, 0) is 80.9 Å². The summed E-state index contributed by atoms with van der Waals surface area (Å²) < 4.78 is 58.4. The highest BCUT2D eigenvalue weighted by molar-refractivity contribution is 5.79. The second-order valence-electron chi connectivity index (χ2n) is 35.0. The van der Waals surface area contributed by atoms with Crippen LogP contribution in [0.3, 0.4) is 0 Å². The number of carbonyl (C=O) groups is 7. The highest BCUT2D eigenvalue weighted by Gasteiger charge is 2.64. The van der Waals surface area contributed by atoms with Crippen molar-refractivity contribution in [2.75, 3.05) is 39.6 Å². The lowest BCUT2D eigenvalue weighted by atomic mass is 9.86. The SMILES string of the molecule is CCCCCCCCCCCCCCCCCCCCCCC(=O)NC(COC1OC(CO)C(OC2OC(CO)C(O)C(OC3(C(=O)O)CC(O)C(NC(C)=O)C(C(O)C(CO)OC4(C(=O)O)CC(O)C(NC(C)=O)C(C(O)C(CO)OC5(C(=O)O)CC(O)C(NC(C)=O)C(C(O)C(O)CO)O5)O4)O3)C2O)C(O)C1O)C(O)CCCCCCCCCCCCCCC. The molecule has 127 heavy (non-hydrogen) atoms. The van der Waals surface area contributed by atoms with E-state index in [0.717, 1.165) is 85.0 Å². The number of carboxylic acid groups (broad SMARTS) is 3. The van der Waals surface area contributed by atoms with Crippen molar-refractivity contribution < 1.29 is 183 Å². The fourth-order valence-corrected chi connectivity index (χ4v) is 17.3. The zero-order chi connectivity index (χ0) is 94.1. The summed E-state index contributed by atoms with van der Waals surface area (Å²) in [7, 11) is 0. The van der Waals surface area contributed by atoms with Crippen LogP contribution in [0.15, 0.2) is 0 Å². The maximum Gasteiger partial charge on any atom is 0.364 e. The van der Waals surface area contributed by atoms with E-state index in [9.17, 15) is 136 Å². The zero-order valence-corrected chi connectivity index (χ0v) is 74.6. The predicted molar refractivity (Wildman–Crippen MR) is 448 cm³/mol. The van der Waals surface area contributed by atoms with Gasteiger partial charge in [0.15, 0.2) is 12.6 Å². The Morgan fingerprint density at radius 3 is 1.09 bits per heavy atom. The van der Waals surface area contributed by atoms with Crippen LogP contribution in [0.2, 0.25) is 0 Å². The fourth-order valence-electron chi connectivity index (χ4n) is 17.3. The Kier molecular flexibility index (Phi) is 51.8. The van der Waals surface area contributed by atoms with Crippen LogP contribution >= 0.6 is 0 Å². The van der Waals surface area contributed by atoms with Crippen LogP contribution in [0.1, 0.15) is 279 Å². The molecule has 30 atom stereocenters. The molecule has 740 valence electrons. The van der Waals surface area contributed by atoms with Crippen molar-refractivity contribution in [3.05, 3.63) is 0 Å². The van der Waals surface area contributed by atoms with E-state index in [1.807, 2.05) is 0 Å². The Morgan fingerprint density at radius 1 is 0.394 bits per heavy atom. The molecule has 24 N–H and O–H groups in total. The van der Waals surface area contributed by atoms with Crippen LogP contribution < -0.4 is 21.3 Å². The molecule has 5 fully saturated rings. The highest BCUT2D eigenvalue weighted by atomic mass is 16.8. The van der Waals surface area contributed by atoms with Gasteiger partial charge in [0.25, 0.3) is 17.4 Å². The summed E-state index contributed by atoms with van der Waals surface area (Å²) in [5, 5.41) is 235. The first-order valence-electron chi connectivity index (χ1n) is 46.2. The lowest BCUT2D eigenvalue weighted by molar-refractivity contribution is -0.388. The minimum absolute atomic E-state index is 0.147. The molecular weight excluding hydrogens is 1680 g/mol. The molecule has 5 saturated heterocycles. The molecule has 4 amide bonds. The van der Waals surface area contributed by atoms with Crippen molar-refractivity contribution in [1.29, 1.82) is 0 Å². The average molecular weight is 1840 g/mol. The summed E-state index contributed by atoms with van der Waals surface area (Å²) in [5.74, 6) is -20.5. The molecule has 30 unspecified atom stereocenters. The minimum atomic E-state index is -3.57. The number of hydrogen-bond donors (Lipinski definition) is 24. The normalized spacial score (nSPS) is 31.9. The number of ether oxygens (including phenoxy) is 10. The molecular formula is C86H154N4O37. The van der Waals surface area contributed by atoms with Crippen LogP contribution in [0.5, 0.6) is 0 Å². The second kappa shape index (κ2) is 58.4. The molecule has 0 aromatic carbocycles. The van der Waals surface area contributed by atoms with Gasteiger partial charge in [-0.2, -0.15) is 0 Å². The number of amides is 4. The Bertz CT molecular complexity index is 3140. The smallest absolute Gasteiger partial charge is 0.364 e. The Hall–Kier alpha value is -4.79. The van der Waals surface area contributed by atoms with Crippen molar-refractivity contribution in [2.45, 2.75) is 461 Å². The topological polar surface area (TPSA) is 665 Å². The monoisotopic (exact) mass is 1840 g/mol. The maximum absolute atomic E-state index is 13.8. The predicted octanol–water partition coefficient (Wildman–Crippen LogP) is -0.313. The third kappa shape index (κ3) is 34.9. The van der Waals surface area contributed by atoms with E-state index in [1.54, 1.807) is 0 Å². The summed E-state index contributed by atoms with van der Waals surface area (Å²) >= 11 is 0. The molecule has 0 aliphatic carbocycles. The summed E-state index contributed by atoms with van der Waals surface area (Å²) in [4.78, 5) is 92.3. The van der Waals surface area contributed by atoms with E-state index in [-0.39, 0.29) is 18.7 Å². The Balaban J connectivity index is 1.31. The molecule has 5 heterocycles. The molecule has 5 aliphatic rings. The van der Waals surface area contributed by atoms with Gasteiger partial charge in [0.2, 0.25) is 23.6 Å². The van der Waals surface area contributed by atoms with E-state index in [2.05, 4.69) is 35.1 Å². The van der Waals surface area contributed by atoms with Crippen LogP contribution in [0.4, 0.5) is 0 Å². The molecule has 5 aliphatic heterocycles. The average Bonchev–Trinajstić information content (AvgIpc) is 0.750. The van der Waals surface area contributed by atoms with Crippen molar-refractivity contribution in [3.63, 3.8) is 0 Å². The number of rotatable bonds is 65. The van der Waals surface area contributed by atoms with Crippen LogP contribution in [0.25, 0.3) is 0 Å². The summed E-state index contributed by atoms with van der Waals surface area (Å²) in [6.45, 7) is 0.0328. The van der Waals surface area contributed by atoms with E-state index >= 15 is 0 Å². The number of unbranched alkanes of at least 4 members (excludes halogenated alkanes) is 31. The van der Waals surface area contributed by atoms with E-state index in [4.69, 9.17) is 47.4 Å². The lowest BCUT2D eigenvalue weighted by Crippen LogP contribution is -2.72. The molecule has 41 heteroatoms. The summed E-state index contributed by atoms with van der Waals surface area (Å²) in [6, 6.07) is -6.93. The van der Waals surface area contributed by atoms with Crippen LogP contribution in [0, 0.1) is 0 Å². The van der Waals surface area contributed by atoms with Crippen molar-refractivity contribution in [2.24, 2.45) is 0 Å². The third-order valence-corrected chi connectivity index (χ3v) is 24.6. The second-order valence-corrected chi connectivity index (χ2v) is 35.0. The first kappa shape index (κ1) is 113. The summed E-state index contributed by atoms with van der Waals surface area (Å²) in [5.41, 5.74) is 0. The number of hydrogen-bond acceptors (Lipinski definition) is 34. The van der Waals surface area contributed by atoms with Gasteiger partial charge in [0, 0.05) is 46.5 Å². The molecule has 0 aromatic heterocycles. The Morgan fingerprint density at radius 2 is 0.740 bits per heavy atom. The molecule has 0 spiro atoms. The van der Waals surface area contributed by atoms with Gasteiger partial charge in [-0.15, -0.1) is 0 Å². The van der Waals surface area contributed by atoms with Gasteiger partial charge in [-0.25, -0.2) is 14.4 Å². The quantitative estimate of drug-likeness (QED) is 0.0347. The Labute approximate surface area is 743 Å². The van der Waals surface area contributed by atoms with Gasteiger partial charge < -0.3 is 171 Å². The number of carboxylic acids is 3. The summed E-state index contributed by atoms with van der Waals surface area (Å²) in [6.07, 6.45) is -17.2. The van der Waals surface area contributed by atoms with Crippen molar-refractivity contribution in [1.82, 2.24) is 21.3 Å². The van der Waals surface area contributed by atoms with E-state index < -0.39 is 277 Å². The lowest BCUT2D eigenvalue weighted by Gasteiger charge is -2.51. The van der Waals surface area contributed by atoms with E-state index in [0.29, 0.717) is 12.8 Å². The van der Waals surface area contributed by atoms with E-state index in [1.165, 1.54) is 135 Å². The third-order valence-electron chi connectivity index (χ3n) is 24.6. The highest BCUT2D eigenvalue weighted by Crippen LogP contribution is 2.43. The van der Waals surface area contributed by atoms with Gasteiger partial charge in [0.1, 0.15) is 104 Å². The molecule has 0 saturated carbocycles. The van der Waals surface area contributed by atoms with Gasteiger partial charge in [0.05, 0.1) is 88.2 Å². The largest absolute Gasteiger partial charge is 0.477 e. The van der Waals surface area contributed by atoms with Crippen LogP contribution in [-0.4, -0.2) is 366 Å². The van der Waals surface area contributed by atoms with Crippen molar-refractivity contribution >= 4 is 41.5 Å². The zero-order valence-electron chi connectivity index (χ0n) is 74.6. The number of carbonyl (C=O) groups excluding carboxylic acids is 4. The number of nitrogens with one attached hydrogen (secondary N) is 4. The molecule has 0 radical (unpaired) electrons. The minimum Gasteiger partial charge on any atom is -0.477 e. The standard InChI is InChI=1S/C86H154N4O37/c1-6-8-10-12-14-16-18-20-21-22-23-24-25-26-28-30-32-34-36-38-40-63(104)90-53(54(99)39-37-35-33-31-29-27-19-17-15-13-11-9-7-2)49-118-79-72(110)71(109)74(62(48-95)120-79)121-80-73(111)78(68(106)59(45-92)119-80)127-86(83(116)117)43-57(102)66(89-52(5)98)77(126-86)70(108)61(47-94)123-85(82(114)115)42-56(101)65(88-51(4)97)76(125-85)69(107)60(46-93)122-84(81(112)113)41-55(100)64(87-50(3)96)75(124-84)67(105)58(103)44-91/h53-62,64-80,91-95,99-103,105-111H,6-49H2,1-5H3,(H,87,96)(H,88,97)(H,89,98)(H,90,104)(H,112,113)(H,114,115)(H,116,117). The first-order valence-corrected chi connectivity index (χ1v) is 46.2. The molecule has 0 bridgehead atoms. The van der Waals surface area contributed by atoms with Gasteiger partial charge in [-0.05, 0) is 12.8 Å². The molecule has 0 aromatic rings. The number of aliphatic carboxylic acids is 3. The molecule has 5 rings (SSSR count). The van der Waals surface area contributed by atoms with Gasteiger partial charge >= 0.3 is 17.9 Å². The van der Waals surface area contributed by atoms with Crippen molar-refractivity contribution in [3.8, 4) is 0 Å². The first-order chi connectivity index (χ1) is 60.5.